The predicted octanol–water partition coefficient (Wildman–Crippen LogP) is 6.12. The smallest absolute Gasteiger partial charge is 0.256 e. The number of amides is 1. The average Bonchev–Trinajstić information content (AvgIpc) is 3.27. The first-order valence-electron chi connectivity index (χ1n) is 10.6. The Hall–Kier alpha value is -3.64. The molecule has 1 amide bonds. The highest BCUT2D eigenvalue weighted by molar-refractivity contribution is 6.31. The van der Waals surface area contributed by atoms with Crippen molar-refractivity contribution in [2.24, 2.45) is 0 Å². The van der Waals surface area contributed by atoms with Crippen molar-refractivity contribution in [3.05, 3.63) is 112 Å². The lowest BCUT2D eigenvalue weighted by molar-refractivity contribution is 0.102. The van der Waals surface area contributed by atoms with Crippen LogP contribution in [0.4, 0.5) is 10.2 Å². The van der Waals surface area contributed by atoms with Crippen LogP contribution in [0.1, 0.15) is 34.0 Å². The van der Waals surface area contributed by atoms with Gasteiger partial charge in [-0.05, 0) is 59.5 Å². The summed E-state index contributed by atoms with van der Waals surface area (Å²) in [4.78, 5) is 12.7. The van der Waals surface area contributed by atoms with E-state index in [9.17, 15) is 9.18 Å². The van der Waals surface area contributed by atoms with Gasteiger partial charge in [-0.3, -0.25) is 9.48 Å². The molecule has 4 aromatic rings. The van der Waals surface area contributed by atoms with Gasteiger partial charge in [-0.1, -0.05) is 48.9 Å². The van der Waals surface area contributed by atoms with E-state index in [0.29, 0.717) is 29.6 Å². The molecule has 0 aliphatic rings. The zero-order valence-electron chi connectivity index (χ0n) is 18.1. The van der Waals surface area contributed by atoms with Gasteiger partial charge in [0.2, 0.25) is 0 Å². The second-order valence-electron chi connectivity index (χ2n) is 7.57. The topological polar surface area (TPSA) is 56.1 Å². The summed E-state index contributed by atoms with van der Waals surface area (Å²) in [7, 11) is 0. The number of aryl methyl sites for hydroxylation is 1. The molecule has 0 saturated carbocycles. The molecule has 0 spiro atoms. The second kappa shape index (κ2) is 10.3. The van der Waals surface area contributed by atoms with E-state index in [2.05, 4.69) is 17.3 Å². The summed E-state index contributed by atoms with van der Waals surface area (Å²) in [6.45, 7) is 2.83. The summed E-state index contributed by atoms with van der Waals surface area (Å²) in [5.41, 5.74) is 3.38. The Bertz CT molecular complexity index is 1250. The Morgan fingerprint density at radius 1 is 1.06 bits per heavy atom. The predicted molar refractivity (Wildman–Crippen MR) is 127 cm³/mol. The third-order valence-electron chi connectivity index (χ3n) is 5.16. The van der Waals surface area contributed by atoms with Gasteiger partial charge in [0, 0.05) is 22.8 Å². The van der Waals surface area contributed by atoms with E-state index in [1.165, 1.54) is 17.7 Å². The minimum atomic E-state index is -0.390. The number of rotatable bonds is 8. The number of carbonyl (C=O) groups is 1. The van der Waals surface area contributed by atoms with Crippen LogP contribution in [0, 0.1) is 5.82 Å². The normalized spacial score (nSPS) is 10.8. The van der Waals surface area contributed by atoms with Crippen LogP contribution in [-0.2, 0) is 19.6 Å². The molecule has 0 aliphatic carbocycles. The first-order chi connectivity index (χ1) is 16.0. The molecule has 168 valence electrons. The molecule has 7 heteroatoms. The van der Waals surface area contributed by atoms with E-state index >= 15 is 0 Å². The van der Waals surface area contributed by atoms with Crippen LogP contribution in [0.3, 0.4) is 0 Å². The number of halogens is 2. The minimum Gasteiger partial charge on any atom is -0.489 e. The number of carbonyl (C=O) groups excluding carboxylic acids is 1. The number of hydrogen-bond acceptors (Lipinski definition) is 3. The number of hydrogen-bond donors (Lipinski definition) is 1. The van der Waals surface area contributed by atoms with Gasteiger partial charge in [-0.15, -0.1) is 0 Å². The van der Waals surface area contributed by atoms with E-state index in [4.69, 9.17) is 16.3 Å². The highest BCUT2D eigenvalue weighted by Crippen LogP contribution is 2.19. The fraction of sp³-hybridized carbons (Fsp3) is 0.154. The number of nitrogens with zero attached hydrogens (tertiary/aromatic N) is 2. The fourth-order valence-electron chi connectivity index (χ4n) is 3.32. The molecule has 1 aromatic heterocycles. The molecule has 5 nitrogen and oxygen atoms in total. The van der Waals surface area contributed by atoms with E-state index in [0.717, 1.165) is 23.3 Å². The van der Waals surface area contributed by atoms with Crippen molar-refractivity contribution in [3.63, 3.8) is 0 Å². The second-order valence-corrected chi connectivity index (χ2v) is 7.98. The number of benzene rings is 3. The Kier molecular flexibility index (Phi) is 7.05. The number of nitrogens with one attached hydrogen (secondary N) is 1. The average molecular weight is 464 g/mol. The summed E-state index contributed by atoms with van der Waals surface area (Å²) in [5.74, 6) is 0.540. The minimum absolute atomic E-state index is 0.269. The van der Waals surface area contributed by atoms with Gasteiger partial charge in [0.25, 0.3) is 5.91 Å². The highest BCUT2D eigenvalue weighted by atomic mass is 35.5. The van der Waals surface area contributed by atoms with E-state index in [1.54, 1.807) is 35.1 Å². The molecule has 1 N–H and O–H groups in total. The van der Waals surface area contributed by atoms with Crippen molar-refractivity contribution < 1.29 is 13.9 Å². The number of anilines is 1. The molecule has 1 heterocycles. The summed E-state index contributed by atoms with van der Waals surface area (Å²) in [6, 6.07) is 21.2. The van der Waals surface area contributed by atoms with Crippen molar-refractivity contribution >= 4 is 23.3 Å². The molecule has 0 atom stereocenters. The van der Waals surface area contributed by atoms with E-state index in [1.807, 2.05) is 36.4 Å². The van der Waals surface area contributed by atoms with Gasteiger partial charge in [0.05, 0.1) is 6.54 Å². The highest BCUT2D eigenvalue weighted by Gasteiger charge is 2.10. The summed E-state index contributed by atoms with van der Waals surface area (Å²) >= 11 is 6.08. The van der Waals surface area contributed by atoms with E-state index in [-0.39, 0.29) is 11.7 Å². The van der Waals surface area contributed by atoms with Gasteiger partial charge >= 0.3 is 0 Å². The zero-order valence-corrected chi connectivity index (χ0v) is 18.8. The van der Waals surface area contributed by atoms with Gasteiger partial charge in [0.15, 0.2) is 5.82 Å². The van der Waals surface area contributed by atoms with Crippen LogP contribution in [0.25, 0.3) is 0 Å². The SMILES string of the molecule is CCc1ccc(OCc2cccc(C(=O)Nc3ccn(Cc4ccc(F)cc4Cl)n3)c2)cc1. The van der Waals surface area contributed by atoms with Gasteiger partial charge < -0.3 is 10.1 Å². The maximum Gasteiger partial charge on any atom is 0.256 e. The summed E-state index contributed by atoms with van der Waals surface area (Å²) in [5, 5.41) is 7.48. The van der Waals surface area contributed by atoms with Crippen molar-refractivity contribution in [2.45, 2.75) is 26.5 Å². The molecule has 4 rings (SSSR count). The molecule has 0 fully saturated rings. The Morgan fingerprint density at radius 2 is 1.88 bits per heavy atom. The van der Waals surface area contributed by atoms with Crippen LogP contribution in [0.5, 0.6) is 5.75 Å². The van der Waals surface area contributed by atoms with Crippen molar-refractivity contribution in [1.82, 2.24) is 9.78 Å². The molecule has 3 aromatic carbocycles. The van der Waals surface area contributed by atoms with Crippen LogP contribution < -0.4 is 10.1 Å². The maximum absolute atomic E-state index is 13.2. The summed E-state index contributed by atoms with van der Waals surface area (Å²) < 4.78 is 20.7. The summed E-state index contributed by atoms with van der Waals surface area (Å²) in [6.07, 6.45) is 2.71. The first kappa shape index (κ1) is 22.6. The van der Waals surface area contributed by atoms with Crippen LogP contribution in [-0.4, -0.2) is 15.7 Å². The lowest BCUT2D eigenvalue weighted by Gasteiger charge is -2.09. The van der Waals surface area contributed by atoms with Gasteiger partial charge in [0.1, 0.15) is 18.2 Å². The third-order valence-corrected chi connectivity index (χ3v) is 5.51. The lowest BCUT2D eigenvalue weighted by atomic mass is 10.1. The standard InChI is InChI=1S/C26H23ClFN3O2/c1-2-18-6-10-23(11-7-18)33-17-19-4-3-5-20(14-19)26(32)29-25-12-13-31(30-25)16-21-8-9-22(28)15-24(21)27/h3-15H,2,16-17H2,1H3,(H,29,30,32). The zero-order chi connectivity index (χ0) is 23.2. The van der Waals surface area contributed by atoms with Crippen LogP contribution in [0.15, 0.2) is 79.0 Å². The Labute approximate surface area is 196 Å². The van der Waals surface area contributed by atoms with Gasteiger partial charge in [-0.25, -0.2) is 4.39 Å². The Balaban J connectivity index is 1.36. The van der Waals surface area contributed by atoms with E-state index < -0.39 is 0 Å². The Morgan fingerprint density at radius 3 is 2.64 bits per heavy atom. The third kappa shape index (κ3) is 5.99. The molecular weight excluding hydrogens is 441 g/mol. The van der Waals surface area contributed by atoms with Crippen LogP contribution >= 0.6 is 11.6 Å². The largest absolute Gasteiger partial charge is 0.489 e. The molecule has 0 unspecified atom stereocenters. The molecule has 0 aliphatic heterocycles. The molecule has 33 heavy (non-hydrogen) atoms. The quantitative estimate of drug-likeness (QED) is 0.342. The fourth-order valence-corrected chi connectivity index (χ4v) is 3.55. The molecule has 0 radical (unpaired) electrons. The number of ether oxygens (including phenoxy) is 1. The first-order valence-corrected chi connectivity index (χ1v) is 11.0. The number of aromatic nitrogens is 2. The monoisotopic (exact) mass is 463 g/mol. The lowest BCUT2D eigenvalue weighted by Crippen LogP contribution is -2.13. The van der Waals surface area contributed by atoms with Crippen molar-refractivity contribution in [1.29, 1.82) is 0 Å². The molecule has 0 saturated heterocycles. The maximum atomic E-state index is 13.2. The molecular formula is C26H23ClFN3O2. The van der Waals surface area contributed by atoms with Gasteiger partial charge in [-0.2, -0.15) is 5.10 Å². The van der Waals surface area contributed by atoms with Crippen LogP contribution in [0.2, 0.25) is 5.02 Å². The molecule has 0 bridgehead atoms. The van der Waals surface area contributed by atoms with Crippen molar-refractivity contribution in [3.8, 4) is 5.75 Å². The van der Waals surface area contributed by atoms with Crippen molar-refractivity contribution in [2.75, 3.05) is 5.32 Å².